The molecule has 17 heavy (non-hydrogen) atoms. The molecule has 1 heterocycles. The average Bonchev–Trinajstić information content (AvgIpc) is 2.79. The molecule has 5 heteroatoms. The average molecular weight is 332 g/mol. The first kappa shape index (κ1) is 13.0. The fourth-order valence-electron chi connectivity index (χ4n) is 1.42. The number of hydrogen-bond donors (Lipinski definition) is 0. The van der Waals surface area contributed by atoms with Gasteiger partial charge in [-0.15, -0.1) is 21.8 Å². The maximum atomic E-state index is 5.66. The maximum Gasteiger partial charge on any atom is 0.147 e. The Kier molecular flexibility index (Phi) is 4.54. The van der Waals surface area contributed by atoms with E-state index in [0.717, 1.165) is 32.9 Å². The van der Waals surface area contributed by atoms with E-state index in [0.29, 0.717) is 5.88 Å². The fraction of sp³-hybridized carbons (Fsp3) is 0.333. The molecule has 0 amide bonds. The summed E-state index contributed by atoms with van der Waals surface area (Å²) in [5, 5.41) is 10.4. The SMILES string of the molecule is Cc1ccc(-c2nnc(CCCCl)s2)cc1Br. The minimum atomic E-state index is 0.672. The Bertz CT molecular complexity index is 513. The van der Waals surface area contributed by atoms with Gasteiger partial charge in [-0.25, -0.2) is 0 Å². The molecule has 2 nitrogen and oxygen atoms in total. The van der Waals surface area contributed by atoms with Gasteiger partial charge in [0.1, 0.15) is 10.0 Å². The van der Waals surface area contributed by atoms with Crippen LogP contribution in [0.3, 0.4) is 0 Å². The van der Waals surface area contributed by atoms with E-state index in [1.54, 1.807) is 11.3 Å². The summed E-state index contributed by atoms with van der Waals surface area (Å²) in [4.78, 5) is 0. The lowest BCUT2D eigenvalue weighted by Crippen LogP contribution is -1.84. The highest BCUT2D eigenvalue weighted by molar-refractivity contribution is 9.10. The van der Waals surface area contributed by atoms with Crippen molar-refractivity contribution in [3.63, 3.8) is 0 Å². The second kappa shape index (κ2) is 5.94. The minimum absolute atomic E-state index is 0.672. The molecule has 0 bridgehead atoms. The molecule has 0 spiro atoms. The number of benzene rings is 1. The van der Waals surface area contributed by atoms with E-state index < -0.39 is 0 Å². The van der Waals surface area contributed by atoms with Crippen LogP contribution in [-0.4, -0.2) is 16.1 Å². The first-order valence-electron chi connectivity index (χ1n) is 5.35. The Labute approximate surface area is 118 Å². The van der Waals surface area contributed by atoms with Crippen molar-refractivity contribution in [3.8, 4) is 10.6 Å². The minimum Gasteiger partial charge on any atom is -0.143 e. The van der Waals surface area contributed by atoms with Crippen LogP contribution in [0.5, 0.6) is 0 Å². The normalized spacial score (nSPS) is 10.8. The second-order valence-corrected chi connectivity index (χ2v) is 6.05. The van der Waals surface area contributed by atoms with E-state index in [2.05, 4.69) is 51.3 Å². The van der Waals surface area contributed by atoms with Crippen molar-refractivity contribution in [2.75, 3.05) is 5.88 Å². The van der Waals surface area contributed by atoms with Crippen molar-refractivity contribution < 1.29 is 0 Å². The van der Waals surface area contributed by atoms with E-state index in [1.807, 2.05) is 0 Å². The van der Waals surface area contributed by atoms with E-state index in [9.17, 15) is 0 Å². The highest BCUT2D eigenvalue weighted by Gasteiger charge is 2.07. The third kappa shape index (κ3) is 3.27. The molecule has 0 N–H and O–H groups in total. The van der Waals surface area contributed by atoms with Crippen LogP contribution in [0.1, 0.15) is 17.0 Å². The number of aromatic nitrogens is 2. The molecular weight excluding hydrogens is 320 g/mol. The summed E-state index contributed by atoms with van der Waals surface area (Å²) in [6.45, 7) is 2.07. The van der Waals surface area contributed by atoms with E-state index in [4.69, 9.17) is 11.6 Å². The summed E-state index contributed by atoms with van der Waals surface area (Å²) in [5.41, 5.74) is 2.33. The standard InChI is InChI=1S/C12H12BrClN2S/c1-8-4-5-9(7-10(8)13)12-16-15-11(17-12)3-2-6-14/h4-5,7H,2-3,6H2,1H3. The Morgan fingerprint density at radius 1 is 1.35 bits per heavy atom. The molecule has 90 valence electrons. The van der Waals surface area contributed by atoms with Gasteiger partial charge in [-0.1, -0.05) is 39.4 Å². The van der Waals surface area contributed by atoms with Crippen LogP contribution >= 0.6 is 38.9 Å². The monoisotopic (exact) mass is 330 g/mol. The van der Waals surface area contributed by atoms with Crippen molar-refractivity contribution in [3.05, 3.63) is 33.2 Å². The molecule has 1 aromatic heterocycles. The summed E-state index contributed by atoms with van der Waals surface area (Å²) >= 11 is 10.8. The third-order valence-electron chi connectivity index (χ3n) is 2.41. The van der Waals surface area contributed by atoms with E-state index in [-0.39, 0.29) is 0 Å². The van der Waals surface area contributed by atoms with Gasteiger partial charge in [-0.3, -0.25) is 0 Å². The molecule has 1 aromatic carbocycles. The third-order valence-corrected chi connectivity index (χ3v) is 4.56. The van der Waals surface area contributed by atoms with Crippen LogP contribution in [0.2, 0.25) is 0 Å². The number of rotatable bonds is 4. The van der Waals surface area contributed by atoms with Gasteiger partial charge in [-0.05, 0) is 25.0 Å². The zero-order valence-corrected chi connectivity index (χ0v) is 12.6. The smallest absolute Gasteiger partial charge is 0.143 e. The molecule has 0 aliphatic heterocycles. The molecule has 2 aromatic rings. The summed E-state index contributed by atoms with van der Waals surface area (Å²) in [6.07, 6.45) is 1.86. The van der Waals surface area contributed by atoms with Crippen LogP contribution in [0.4, 0.5) is 0 Å². The van der Waals surface area contributed by atoms with E-state index >= 15 is 0 Å². The lowest BCUT2D eigenvalue weighted by Gasteiger charge is -1.99. The van der Waals surface area contributed by atoms with Crippen molar-refractivity contribution in [2.24, 2.45) is 0 Å². The lowest BCUT2D eigenvalue weighted by molar-refractivity contribution is 0.884. The Morgan fingerprint density at radius 3 is 2.88 bits per heavy atom. The summed E-state index contributed by atoms with van der Waals surface area (Å²) in [6, 6.07) is 6.24. The molecule has 0 saturated heterocycles. The molecule has 0 unspecified atom stereocenters. The quantitative estimate of drug-likeness (QED) is 0.774. The zero-order chi connectivity index (χ0) is 12.3. The highest BCUT2D eigenvalue weighted by atomic mass is 79.9. The van der Waals surface area contributed by atoms with Gasteiger partial charge < -0.3 is 0 Å². The van der Waals surface area contributed by atoms with Gasteiger partial charge in [0.25, 0.3) is 0 Å². The Morgan fingerprint density at radius 2 is 2.18 bits per heavy atom. The number of hydrogen-bond acceptors (Lipinski definition) is 3. The molecule has 0 aliphatic carbocycles. The molecule has 0 fully saturated rings. The first-order valence-corrected chi connectivity index (χ1v) is 7.50. The number of halogens is 2. The van der Waals surface area contributed by atoms with Crippen LogP contribution in [0.25, 0.3) is 10.6 Å². The molecule has 2 rings (SSSR count). The van der Waals surface area contributed by atoms with Gasteiger partial charge in [0.2, 0.25) is 0 Å². The second-order valence-electron chi connectivity index (χ2n) is 3.76. The Balaban J connectivity index is 2.21. The topological polar surface area (TPSA) is 25.8 Å². The van der Waals surface area contributed by atoms with E-state index in [1.165, 1.54) is 5.56 Å². The number of nitrogens with zero attached hydrogens (tertiary/aromatic N) is 2. The molecular formula is C12H12BrClN2S. The largest absolute Gasteiger partial charge is 0.147 e. The van der Waals surface area contributed by atoms with Crippen molar-refractivity contribution in [1.82, 2.24) is 10.2 Å². The van der Waals surface area contributed by atoms with Crippen LogP contribution in [0, 0.1) is 6.92 Å². The first-order chi connectivity index (χ1) is 8.20. The Hall–Kier alpha value is -0.450. The number of aryl methyl sites for hydroxylation is 2. The van der Waals surface area contributed by atoms with Gasteiger partial charge in [0, 0.05) is 22.3 Å². The predicted molar refractivity (Wildman–Crippen MR) is 76.8 cm³/mol. The number of alkyl halides is 1. The van der Waals surface area contributed by atoms with Crippen molar-refractivity contribution in [1.29, 1.82) is 0 Å². The molecule has 0 saturated carbocycles. The van der Waals surface area contributed by atoms with Gasteiger partial charge in [-0.2, -0.15) is 0 Å². The molecule has 0 atom stereocenters. The molecule has 0 radical (unpaired) electrons. The summed E-state index contributed by atoms with van der Waals surface area (Å²) < 4.78 is 1.10. The zero-order valence-electron chi connectivity index (χ0n) is 9.41. The summed E-state index contributed by atoms with van der Waals surface area (Å²) in [5.74, 6) is 0.672. The van der Waals surface area contributed by atoms with Gasteiger partial charge in [0.15, 0.2) is 0 Å². The van der Waals surface area contributed by atoms with Crippen molar-refractivity contribution >= 4 is 38.9 Å². The highest BCUT2D eigenvalue weighted by Crippen LogP contribution is 2.28. The maximum absolute atomic E-state index is 5.66. The predicted octanol–water partition coefficient (Wildman–Crippen LogP) is 4.45. The lowest BCUT2D eigenvalue weighted by atomic mass is 10.2. The van der Waals surface area contributed by atoms with Crippen LogP contribution < -0.4 is 0 Å². The van der Waals surface area contributed by atoms with Gasteiger partial charge >= 0.3 is 0 Å². The summed E-state index contributed by atoms with van der Waals surface area (Å²) in [7, 11) is 0. The van der Waals surface area contributed by atoms with Crippen LogP contribution in [-0.2, 0) is 6.42 Å². The van der Waals surface area contributed by atoms with Crippen molar-refractivity contribution in [2.45, 2.75) is 19.8 Å². The molecule has 0 aliphatic rings. The van der Waals surface area contributed by atoms with Gasteiger partial charge in [0.05, 0.1) is 0 Å². The van der Waals surface area contributed by atoms with Crippen LogP contribution in [0.15, 0.2) is 22.7 Å². The fourth-order valence-corrected chi connectivity index (χ4v) is 2.81.